The summed E-state index contributed by atoms with van der Waals surface area (Å²) in [7, 11) is 0. The van der Waals surface area contributed by atoms with Crippen LogP contribution in [0.25, 0.3) is 0 Å². The van der Waals surface area contributed by atoms with Crippen LogP contribution in [0, 0.1) is 28.9 Å². The molecule has 134 valence electrons. The van der Waals surface area contributed by atoms with Gasteiger partial charge in [0.15, 0.2) is 0 Å². The number of nitrogens with zero attached hydrogens (tertiary/aromatic N) is 1. The second kappa shape index (κ2) is 7.70. The fourth-order valence-electron chi connectivity index (χ4n) is 2.16. The standard InChI is InChI=1S/C20H20N2O4/c1-14-12-17(21-19(23)26-20(2,3)4)18(22(24)25)13-16(14)11-10-15-8-6-5-7-9-15/h5-9,12-13H,1-4H3,(H,21,23). The number of nitrogens with one attached hydrogen (secondary N) is 1. The van der Waals surface area contributed by atoms with Gasteiger partial charge in [-0.1, -0.05) is 30.0 Å². The van der Waals surface area contributed by atoms with Crippen LogP contribution in [-0.2, 0) is 4.74 Å². The van der Waals surface area contributed by atoms with Crippen LogP contribution < -0.4 is 5.32 Å². The van der Waals surface area contributed by atoms with Crippen molar-refractivity contribution in [2.45, 2.75) is 33.3 Å². The fraction of sp³-hybridized carbons (Fsp3) is 0.250. The molecule has 2 aromatic carbocycles. The van der Waals surface area contributed by atoms with E-state index in [1.54, 1.807) is 27.7 Å². The molecule has 0 aliphatic rings. The second-order valence-corrected chi connectivity index (χ2v) is 6.68. The van der Waals surface area contributed by atoms with Gasteiger partial charge in [0.1, 0.15) is 11.3 Å². The summed E-state index contributed by atoms with van der Waals surface area (Å²) in [6.45, 7) is 6.93. The Morgan fingerprint density at radius 1 is 1.15 bits per heavy atom. The van der Waals surface area contributed by atoms with Gasteiger partial charge in [-0.25, -0.2) is 4.79 Å². The zero-order valence-corrected chi connectivity index (χ0v) is 15.1. The Bertz CT molecular complexity index is 888. The van der Waals surface area contributed by atoms with Gasteiger partial charge in [-0.3, -0.25) is 15.4 Å². The predicted octanol–water partition coefficient (Wildman–Crippen LogP) is 4.65. The minimum absolute atomic E-state index is 0.0759. The zero-order valence-electron chi connectivity index (χ0n) is 15.1. The number of rotatable bonds is 2. The Morgan fingerprint density at radius 2 is 1.81 bits per heavy atom. The van der Waals surface area contributed by atoms with Crippen molar-refractivity contribution >= 4 is 17.5 Å². The fourth-order valence-corrected chi connectivity index (χ4v) is 2.16. The molecule has 1 N–H and O–H groups in total. The number of carbonyl (C=O) groups is 1. The SMILES string of the molecule is Cc1cc(NC(=O)OC(C)(C)C)c([N+](=O)[O-])cc1C#Cc1ccccc1. The van der Waals surface area contributed by atoms with Gasteiger partial charge in [0, 0.05) is 17.2 Å². The van der Waals surface area contributed by atoms with Crippen LogP contribution in [0.4, 0.5) is 16.2 Å². The van der Waals surface area contributed by atoms with Crippen molar-refractivity contribution in [2.24, 2.45) is 0 Å². The Morgan fingerprint density at radius 3 is 2.38 bits per heavy atom. The maximum Gasteiger partial charge on any atom is 0.412 e. The van der Waals surface area contributed by atoms with Crippen molar-refractivity contribution in [3.05, 3.63) is 69.3 Å². The molecule has 0 bridgehead atoms. The number of anilines is 1. The van der Waals surface area contributed by atoms with E-state index in [4.69, 9.17) is 4.74 Å². The molecule has 0 heterocycles. The molecule has 0 saturated carbocycles. The van der Waals surface area contributed by atoms with Crippen LogP contribution in [0.15, 0.2) is 42.5 Å². The molecule has 2 aromatic rings. The molecule has 1 amide bonds. The smallest absolute Gasteiger partial charge is 0.412 e. The third-order valence-corrected chi connectivity index (χ3v) is 3.29. The van der Waals surface area contributed by atoms with E-state index in [1.807, 2.05) is 30.3 Å². The van der Waals surface area contributed by atoms with Crippen molar-refractivity contribution in [3.63, 3.8) is 0 Å². The normalized spacial score (nSPS) is 10.5. The molecular weight excluding hydrogens is 332 g/mol. The van der Waals surface area contributed by atoms with Gasteiger partial charge in [0.05, 0.1) is 4.92 Å². The molecular formula is C20H20N2O4. The highest BCUT2D eigenvalue weighted by Gasteiger charge is 2.21. The van der Waals surface area contributed by atoms with Crippen molar-refractivity contribution in [2.75, 3.05) is 5.32 Å². The minimum Gasteiger partial charge on any atom is -0.444 e. The summed E-state index contributed by atoms with van der Waals surface area (Å²) < 4.78 is 5.15. The van der Waals surface area contributed by atoms with Crippen LogP contribution in [0.3, 0.4) is 0 Å². The summed E-state index contributed by atoms with van der Waals surface area (Å²) in [6.07, 6.45) is -0.747. The van der Waals surface area contributed by atoms with Crippen LogP contribution in [0.5, 0.6) is 0 Å². The van der Waals surface area contributed by atoms with Crippen LogP contribution in [0.1, 0.15) is 37.5 Å². The molecule has 0 saturated heterocycles. The van der Waals surface area contributed by atoms with E-state index < -0.39 is 16.6 Å². The Labute approximate surface area is 152 Å². The molecule has 2 rings (SSSR count). The van der Waals surface area contributed by atoms with Crippen molar-refractivity contribution in [1.82, 2.24) is 0 Å². The summed E-state index contributed by atoms with van der Waals surface area (Å²) in [4.78, 5) is 22.8. The molecule has 0 aromatic heterocycles. The highest BCUT2D eigenvalue weighted by Crippen LogP contribution is 2.28. The molecule has 26 heavy (non-hydrogen) atoms. The number of nitro benzene ring substituents is 1. The second-order valence-electron chi connectivity index (χ2n) is 6.68. The summed E-state index contributed by atoms with van der Waals surface area (Å²) >= 11 is 0. The molecule has 0 atom stereocenters. The van der Waals surface area contributed by atoms with E-state index >= 15 is 0 Å². The summed E-state index contributed by atoms with van der Waals surface area (Å²) in [6, 6.07) is 12.2. The lowest BCUT2D eigenvalue weighted by Crippen LogP contribution is -2.27. The predicted molar refractivity (Wildman–Crippen MR) is 100 cm³/mol. The first kappa shape index (κ1) is 19.0. The van der Waals surface area contributed by atoms with Gasteiger partial charge in [0.25, 0.3) is 5.69 Å². The molecule has 0 spiro atoms. The molecule has 0 fully saturated rings. The summed E-state index contributed by atoms with van der Waals surface area (Å²) in [5, 5.41) is 13.8. The van der Waals surface area contributed by atoms with E-state index in [0.717, 1.165) is 5.56 Å². The number of hydrogen-bond donors (Lipinski definition) is 1. The van der Waals surface area contributed by atoms with Crippen molar-refractivity contribution < 1.29 is 14.5 Å². The Balaban J connectivity index is 2.35. The van der Waals surface area contributed by atoms with Gasteiger partial charge >= 0.3 is 6.09 Å². The number of hydrogen-bond acceptors (Lipinski definition) is 4. The van der Waals surface area contributed by atoms with E-state index in [2.05, 4.69) is 17.2 Å². The highest BCUT2D eigenvalue weighted by atomic mass is 16.6. The van der Waals surface area contributed by atoms with Crippen LogP contribution in [0.2, 0.25) is 0 Å². The first-order chi connectivity index (χ1) is 12.2. The number of ether oxygens (including phenoxy) is 1. The van der Waals surface area contributed by atoms with E-state index in [-0.39, 0.29) is 11.4 Å². The van der Waals surface area contributed by atoms with Crippen molar-refractivity contribution in [3.8, 4) is 11.8 Å². The van der Waals surface area contributed by atoms with Gasteiger partial charge in [-0.15, -0.1) is 0 Å². The zero-order chi connectivity index (χ0) is 19.3. The maximum absolute atomic E-state index is 11.9. The van der Waals surface area contributed by atoms with Gasteiger partial charge in [-0.2, -0.15) is 0 Å². The highest BCUT2D eigenvalue weighted by molar-refractivity contribution is 5.88. The molecule has 0 unspecified atom stereocenters. The third kappa shape index (κ3) is 5.35. The minimum atomic E-state index is -0.747. The average molecular weight is 352 g/mol. The number of benzene rings is 2. The van der Waals surface area contributed by atoms with E-state index in [1.165, 1.54) is 12.1 Å². The number of carbonyl (C=O) groups excluding carboxylic acids is 1. The quantitative estimate of drug-likeness (QED) is 0.484. The van der Waals surface area contributed by atoms with E-state index in [0.29, 0.717) is 11.1 Å². The lowest BCUT2D eigenvalue weighted by molar-refractivity contribution is -0.384. The van der Waals surface area contributed by atoms with Crippen LogP contribution in [-0.4, -0.2) is 16.6 Å². The van der Waals surface area contributed by atoms with Crippen LogP contribution >= 0.6 is 0 Å². The van der Waals surface area contributed by atoms with Crippen molar-refractivity contribution in [1.29, 1.82) is 0 Å². The van der Waals surface area contributed by atoms with Gasteiger partial charge < -0.3 is 4.74 Å². The summed E-state index contributed by atoms with van der Waals surface area (Å²) in [5.74, 6) is 5.92. The first-order valence-electron chi connectivity index (χ1n) is 8.02. The number of nitro groups is 1. The molecule has 6 heteroatoms. The Kier molecular flexibility index (Phi) is 5.63. The number of aryl methyl sites for hydroxylation is 1. The summed E-state index contributed by atoms with van der Waals surface area (Å²) in [5.41, 5.74) is 1.19. The first-order valence-corrected chi connectivity index (χ1v) is 8.02. The average Bonchev–Trinajstić information content (AvgIpc) is 2.52. The maximum atomic E-state index is 11.9. The molecule has 0 radical (unpaired) electrons. The monoisotopic (exact) mass is 352 g/mol. The molecule has 6 nitrogen and oxygen atoms in total. The van der Waals surface area contributed by atoms with Gasteiger partial charge in [0.2, 0.25) is 0 Å². The lowest BCUT2D eigenvalue weighted by Gasteiger charge is -2.19. The molecule has 0 aliphatic carbocycles. The van der Waals surface area contributed by atoms with E-state index in [9.17, 15) is 14.9 Å². The largest absolute Gasteiger partial charge is 0.444 e. The Hall–Kier alpha value is -3.33. The number of amides is 1. The third-order valence-electron chi connectivity index (χ3n) is 3.29. The van der Waals surface area contributed by atoms with Gasteiger partial charge in [-0.05, 0) is 51.5 Å². The molecule has 0 aliphatic heterocycles. The lowest BCUT2D eigenvalue weighted by atomic mass is 10.1. The topological polar surface area (TPSA) is 81.5 Å².